The Labute approximate surface area is 129 Å². The highest BCUT2D eigenvalue weighted by Gasteiger charge is 2.25. The monoisotopic (exact) mass is 291 g/mol. The van der Waals surface area contributed by atoms with Crippen LogP contribution in [0, 0.1) is 0 Å². The number of benzene rings is 1. The van der Waals surface area contributed by atoms with Crippen LogP contribution >= 0.6 is 0 Å². The third-order valence-electron chi connectivity index (χ3n) is 4.12. The molecule has 2 unspecified atom stereocenters. The minimum Gasteiger partial charge on any atom is -0.469 e. The minimum atomic E-state index is -0.206. The van der Waals surface area contributed by atoms with Gasteiger partial charge in [-0.15, -0.1) is 0 Å². The fourth-order valence-electron chi connectivity index (χ4n) is 2.49. The molecule has 1 aromatic rings. The summed E-state index contributed by atoms with van der Waals surface area (Å²) in [4.78, 5) is 14.6. The van der Waals surface area contributed by atoms with E-state index in [0.717, 1.165) is 31.5 Å². The van der Waals surface area contributed by atoms with Gasteiger partial charge in [-0.25, -0.2) is 0 Å². The van der Waals surface area contributed by atoms with Crippen molar-refractivity contribution in [2.24, 2.45) is 0 Å². The number of hydrogen-bond acceptors (Lipinski definition) is 3. The number of carbonyl (C=O) groups excluding carboxylic acids is 1. The maximum Gasteiger partial charge on any atom is 0.314 e. The molecule has 1 aromatic carbocycles. The fraction of sp³-hybridized carbons (Fsp3) is 0.611. The molecule has 0 saturated carbocycles. The van der Waals surface area contributed by atoms with Crippen molar-refractivity contribution in [3.8, 4) is 0 Å². The standard InChI is InChI=1S/C18H29NO2/c1-5-7-13-19(15(3)6-2)14-17(18(20)21-4)16-11-9-8-10-12-16/h8-12,15,17H,5-7,13-14H2,1-4H3. The number of unbranched alkanes of at least 4 members (excludes halogenated alkanes) is 1. The Balaban J connectivity index is 2.89. The van der Waals surface area contributed by atoms with Crippen LogP contribution in [0.15, 0.2) is 30.3 Å². The number of hydrogen-bond donors (Lipinski definition) is 0. The van der Waals surface area contributed by atoms with Crippen LogP contribution in [0.1, 0.15) is 51.5 Å². The quantitative estimate of drug-likeness (QED) is 0.647. The molecule has 0 saturated heterocycles. The Bertz CT molecular complexity index is 405. The van der Waals surface area contributed by atoms with Gasteiger partial charge in [-0.05, 0) is 31.9 Å². The molecule has 3 nitrogen and oxygen atoms in total. The second kappa shape index (κ2) is 9.56. The summed E-state index contributed by atoms with van der Waals surface area (Å²) in [5.74, 6) is -0.354. The predicted octanol–water partition coefficient (Wildman–Crippen LogP) is 3.84. The van der Waals surface area contributed by atoms with E-state index in [4.69, 9.17) is 4.74 Å². The summed E-state index contributed by atoms with van der Waals surface area (Å²) in [7, 11) is 1.47. The molecule has 1 rings (SSSR count). The lowest BCUT2D eigenvalue weighted by molar-refractivity contribution is -0.143. The molecule has 0 radical (unpaired) electrons. The zero-order valence-corrected chi connectivity index (χ0v) is 13.8. The summed E-state index contributed by atoms with van der Waals surface area (Å²) < 4.78 is 5.02. The second-order valence-corrected chi connectivity index (χ2v) is 5.59. The minimum absolute atomic E-state index is 0.147. The van der Waals surface area contributed by atoms with Crippen molar-refractivity contribution in [3.63, 3.8) is 0 Å². The average Bonchev–Trinajstić information content (AvgIpc) is 2.54. The molecule has 0 N–H and O–H groups in total. The molecule has 2 atom stereocenters. The fourth-order valence-corrected chi connectivity index (χ4v) is 2.49. The van der Waals surface area contributed by atoms with Crippen molar-refractivity contribution in [3.05, 3.63) is 35.9 Å². The van der Waals surface area contributed by atoms with Crippen molar-refractivity contribution in [2.75, 3.05) is 20.2 Å². The smallest absolute Gasteiger partial charge is 0.314 e. The first kappa shape index (κ1) is 17.7. The molecule has 0 aliphatic heterocycles. The van der Waals surface area contributed by atoms with Gasteiger partial charge >= 0.3 is 5.97 Å². The van der Waals surface area contributed by atoms with Gasteiger partial charge in [0.25, 0.3) is 0 Å². The first-order valence-corrected chi connectivity index (χ1v) is 8.00. The lowest BCUT2D eigenvalue weighted by Gasteiger charge is -2.31. The lowest BCUT2D eigenvalue weighted by Crippen LogP contribution is -2.39. The third-order valence-corrected chi connectivity index (χ3v) is 4.12. The molecule has 0 aliphatic carbocycles. The Morgan fingerprint density at radius 1 is 1.24 bits per heavy atom. The normalized spacial score (nSPS) is 14.0. The Hall–Kier alpha value is -1.35. The van der Waals surface area contributed by atoms with E-state index in [-0.39, 0.29) is 11.9 Å². The maximum absolute atomic E-state index is 12.2. The van der Waals surface area contributed by atoms with Crippen LogP contribution in [0.5, 0.6) is 0 Å². The first-order chi connectivity index (χ1) is 10.1. The Morgan fingerprint density at radius 2 is 1.90 bits per heavy atom. The molecule has 0 aliphatic rings. The van der Waals surface area contributed by atoms with Crippen LogP contribution in [0.25, 0.3) is 0 Å². The first-order valence-electron chi connectivity index (χ1n) is 8.00. The molecule has 3 heteroatoms. The average molecular weight is 291 g/mol. The predicted molar refractivity (Wildman–Crippen MR) is 87.4 cm³/mol. The molecule has 118 valence electrons. The highest BCUT2D eigenvalue weighted by atomic mass is 16.5. The number of ether oxygens (including phenoxy) is 1. The van der Waals surface area contributed by atoms with Gasteiger partial charge < -0.3 is 4.74 Å². The molecule has 0 aromatic heterocycles. The van der Waals surface area contributed by atoms with Crippen LogP contribution in [-0.2, 0) is 9.53 Å². The van der Waals surface area contributed by atoms with E-state index in [0.29, 0.717) is 6.04 Å². The summed E-state index contributed by atoms with van der Waals surface area (Å²) in [6.45, 7) is 8.38. The SMILES string of the molecule is CCCCN(CC(C(=O)OC)c1ccccc1)C(C)CC. The van der Waals surface area contributed by atoms with Gasteiger partial charge in [-0.3, -0.25) is 9.69 Å². The van der Waals surface area contributed by atoms with E-state index in [1.165, 1.54) is 13.5 Å². The number of carbonyl (C=O) groups is 1. The van der Waals surface area contributed by atoms with Gasteiger partial charge in [0.2, 0.25) is 0 Å². The summed E-state index contributed by atoms with van der Waals surface area (Å²) in [6.07, 6.45) is 3.42. The Morgan fingerprint density at radius 3 is 2.43 bits per heavy atom. The highest BCUT2D eigenvalue weighted by molar-refractivity contribution is 5.78. The van der Waals surface area contributed by atoms with Crippen molar-refractivity contribution < 1.29 is 9.53 Å². The molecule has 21 heavy (non-hydrogen) atoms. The van der Waals surface area contributed by atoms with Gasteiger partial charge in [0.15, 0.2) is 0 Å². The Kier molecular flexibility index (Phi) is 8.06. The van der Waals surface area contributed by atoms with Gasteiger partial charge in [-0.2, -0.15) is 0 Å². The second-order valence-electron chi connectivity index (χ2n) is 5.59. The topological polar surface area (TPSA) is 29.5 Å². The highest BCUT2D eigenvalue weighted by Crippen LogP contribution is 2.21. The van der Waals surface area contributed by atoms with Gasteiger partial charge in [-0.1, -0.05) is 50.6 Å². The summed E-state index contributed by atoms with van der Waals surface area (Å²) in [5, 5.41) is 0. The molecule has 0 fully saturated rings. The summed E-state index contributed by atoms with van der Waals surface area (Å²) in [6, 6.07) is 10.4. The van der Waals surface area contributed by atoms with E-state index in [1.54, 1.807) is 0 Å². The molecule has 0 bridgehead atoms. The van der Waals surface area contributed by atoms with Crippen LogP contribution in [-0.4, -0.2) is 37.1 Å². The molecule has 0 spiro atoms. The largest absolute Gasteiger partial charge is 0.469 e. The molecular weight excluding hydrogens is 262 g/mol. The lowest BCUT2D eigenvalue weighted by atomic mass is 9.97. The van der Waals surface area contributed by atoms with Crippen LogP contribution in [0.4, 0.5) is 0 Å². The van der Waals surface area contributed by atoms with Crippen molar-refractivity contribution in [2.45, 2.75) is 52.0 Å². The number of rotatable bonds is 9. The van der Waals surface area contributed by atoms with Gasteiger partial charge in [0, 0.05) is 12.6 Å². The van der Waals surface area contributed by atoms with Crippen molar-refractivity contribution in [1.82, 2.24) is 4.90 Å². The van der Waals surface area contributed by atoms with E-state index < -0.39 is 0 Å². The zero-order chi connectivity index (χ0) is 15.7. The van der Waals surface area contributed by atoms with Gasteiger partial charge in [0.1, 0.15) is 0 Å². The van der Waals surface area contributed by atoms with E-state index in [2.05, 4.69) is 25.7 Å². The van der Waals surface area contributed by atoms with E-state index in [1.807, 2.05) is 30.3 Å². The summed E-state index contributed by atoms with van der Waals surface area (Å²) >= 11 is 0. The van der Waals surface area contributed by atoms with E-state index >= 15 is 0 Å². The van der Waals surface area contributed by atoms with Crippen LogP contribution < -0.4 is 0 Å². The number of esters is 1. The number of methoxy groups -OCH3 is 1. The molecule has 0 heterocycles. The molecular formula is C18H29NO2. The third kappa shape index (κ3) is 5.50. The van der Waals surface area contributed by atoms with Crippen LogP contribution in [0.2, 0.25) is 0 Å². The van der Waals surface area contributed by atoms with Crippen molar-refractivity contribution in [1.29, 1.82) is 0 Å². The molecule has 0 amide bonds. The maximum atomic E-state index is 12.2. The van der Waals surface area contributed by atoms with Crippen molar-refractivity contribution >= 4 is 5.97 Å². The van der Waals surface area contributed by atoms with Crippen LogP contribution in [0.3, 0.4) is 0 Å². The zero-order valence-electron chi connectivity index (χ0n) is 13.8. The number of nitrogens with zero attached hydrogens (tertiary/aromatic N) is 1. The van der Waals surface area contributed by atoms with Gasteiger partial charge in [0.05, 0.1) is 13.0 Å². The summed E-state index contributed by atoms with van der Waals surface area (Å²) in [5.41, 5.74) is 1.04. The van der Waals surface area contributed by atoms with E-state index in [9.17, 15) is 4.79 Å².